The predicted molar refractivity (Wildman–Crippen MR) is 53.7 cm³/mol. The number of nitrogens with zero attached hydrogens (tertiary/aromatic N) is 2. The second-order valence-corrected chi connectivity index (χ2v) is 3.73. The minimum Gasteiger partial charge on any atom is -0.376 e. The molecule has 0 radical (unpaired) electrons. The Morgan fingerprint density at radius 2 is 2.50 bits per heavy atom. The molecule has 0 bridgehead atoms. The van der Waals surface area contributed by atoms with Gasteiger partial charge in [0.1, 0.15) is 0 Å². The number of imidazole rings is 1. The first-order chi connectivity index (χ1) is 6.90. The van der Waals surface area contributed by atoms with Crippen LogP contribution in [0.2, 0.25) is 0 Å². The summed E-state index contributed by atoms with van der Waals surface area (Å²) >= 11 is 0. The minimum atomic E-state index is 0.350. The molecule has 4 nitrogen and oxygen atoms in total. The molecule has 0 aliphatic carbocycles. The highest BCUT2D eigenvalue weighted by molar-refractivity contribution is 4.97. The summed E-state index contributed by atoms with van der Waals surface area (Å²) in [6, 6.07) is 0. The zero-order valence-electron chi connectivity index (χ0n) is 8.35. The quantitative estimate of drug-likeness (QED) is 0.780. The lowest BCUT2D eigenvalue weighted by molar-refractivity contribution is 0.00558. The van der Waals surface area contributed by atoms with E-state index in [9.17, 15) is 0 Å². The van der Waals surface area contributed by atoms with Gasteiger partial charge in [0.25, 0.3) is 0 Å². The van der Waals surface area contributed by atoms with Gasteiger partial charge in [-0.15, -0.1) is 0 Å². The zero-order valence-corrected chi connectivity index (χ0v) is 8.35. The van der Waals surface area contributed by atoms with Gasteiger partial charge in [-0.1, -0.05) is 0 Å². The molecule has 1 aliphatic rings. The van der Waals surface area contributed by atoms with E-state index in [1.807, 2.05) is 12.5 Å². The third-order valence-corrected chi connectivity index (χ3v) is 2.68. The van der Waals surface area contributed by atoms with Gasteiger partial charge in [0.2, 0.25) is 0 Å². The van der Waals surface area contributed by atoms with Crippen LogP contribution in [0.1, 0.15) is 25.0 Å². The van der Waals surface area contributed by atoms with Gasteiger partial charge >= 0.3 is 0 Å². The monoisotopic (exact) mass is 195 g/mol. The zero-order chi connectivity index (χ0) is 9.80. The van der Waals surface area contributed by atoms with E-state index in [0.717, 1.165) is 25.3 Å². The second-order valence-electron chi connectivity index (χ2n) is 3.73. The average Bonchev–Trinajstić information content (AvgIpc) is 2.67. The fourth-order valence-electron chi connectivity index (χ4n) is 1.85. The van der Waals surface area contributed by atoms with Gasteiger partial charge in [-0.3, -0.25) is 0 Å². The Labute approximate surface area is 84.1 Å². The van der Waals surface area contributed by atoms with Crippen molar-refractivity contribution < 1.29 is 4.74 Å². The van der Waals surface area contributed by atoms with Crippen molar-refractivity contribution in [2.45, 2.75) is 38.5 Å². The highest BCUT2D eigenvalue weighted by Crippen LogP contribution is 2.15. The molecule has 2 rings (SSSR count). The van der Waals surface area contributed by atoms with Gasteiger partial charge in [0.05, 0.1) is 24.7 Å². The molecular weight excluding hydrogens is 178 g/mol. The van der Waals surface area contributed by atoms with E-state index in [4.69, 9.17) is 10.5 Å². The first kappa shape index (κ1) is 9.68. The molecule has 2 heterocycles. The summed E-state index contributed by atoms with van der Waals surface area (Å²) in [5.74, 6) is 0. The molecule has 1 saturated heterocycles. The summed E-state index contributed by atoms with van der Waals surface area (Å²) in [5, 5.41) is 0. The molecule has 78 valence electrons. The molecule has 0 saturated carbocycles. The summed E-state index contributed by atoms with van der Waals surface area (Å²) in [7, 11) is 0. The number of ether oxygens (including phenoxy) is 1. The van der Waals surface area contributed by atoms with Crippen molar-refractivity contribution >= 4 is 0 Å². The van der Waals surface area contributed by atoms with Crippen molar-refractivity contribution in [1.82, 2.24) is 9.55 Å². The normalized spacial score (nSPS) is 22.5. The number of nitrogens with two attached hydrogens (primary N) is 1. The molecule has 1 aromatic heterocycles. The third-order valence-electron chi connectivity index (χ3n) is 2.68. The molecule has 1 aromatic rings. The van der Waals surface area contributed by atoms with Gasteiger partial charge in [-0.2, -0.15) is 0 Å². The fraction of sp³-hybridized carbons (Fsp3) is 0.700. The summed E-state index contributed by atoms with van der Waals surface area (Å²) in [6.45, 7) is 2.34. The molecule has 0 spiro atoms. The molecule has 0 amide bonds. The van der Waals surface area contributed by atoms with Gasteiger partial charge in [-0.05, 0) is 19.3 Å². The van der Waals surface area contributed by atoms with Gasteiger partial charge in [-0.25, -0.2) is 4.98 Å². The molecule has 1 atom stereocenters. The molecule has 2 N–H and O–H groups in total. The topological polar surface area (TPSA) is 53.1 Å². The largest absolute Gasteiger partial charge is 0.376 e. The molecule has 14 heavy (non-hydrogen) atoms. The van der Waals surface area contributed by atoms with Crippen LogP contribution in [-0.4, -0.2) is 22.3 Å². The Bertz CT molecular complexity index is 279. The van der Waals surface area contributed by atoms with Crippen molar-refractivity contribution in [2.75, 3.05) is 6.61 Å². The summed E-state index contributed by atoms with van der Waals surface area (Å²) in [6.07, 6.45) is 7.63. The van der Waals surface area contributed by atoms with Crippen LogP contribution < -0.4 is 5.73 Å². The van der Waals surface area contributed by atoms with Crippen LogP contribution in [0.25, 0.3) is 0 Å². The molecular formula is C10H17N3O. The van der Waals surface area contributed by atoms with E-state index in [2.05, 4.69) is 9.55 Å². The maximum atomic E-state index is 5.66. The molecule has 0 aromatic carbocycles. The lowest BCUT2D eigenvalue weighted by atomic mass is 10.1. The van der Waals surface area contributed by atoms with E-state index in [1.165, 1.54) is 12.8 Å². The smallest absolute Gasteiger partial charge is 0.0949 e. The number of rotatable bonds is 3. The predicted octanol–water partition coefficient (Wildman–Crippen LogP) is 0.911. The SMILES string of the molecule is NCc1cncn1CC1CCCCO1. The second kappa shape index (κ2) is 4.57. The summed E-state index contributed by atoms with van der Waals surface area (Å²) in [4.78, 5) is 4.09. The Hall–Kier alpha value is -0.870. The van der Waals surface area contributed by atoms with Crippen LogP contribution in [0.3, 0.4) is 0 Å². The van der Waals surface area contributed by atoms with Crippen molar-refractivity contribution in [3.05, 3.63) is 18.2 Å². The van der Waals surface area contributed by atoms with E-state index in [0.29, 0.717) is 12.6 Å². The highest BCUT2D eigenvalue weighted by atomic mass is 16.5. The van der Waals surface area contributed by atoms with E-state index >= 15 is 0 Å². The third kappa shape index (κ3) is 2.13. The first-order valence-electron chi connectivity index (χ1n) is 5.21. The Kier molecular flexibility index (Phi) is 3.16. The first-order valence-corrected chi connectivity index (χ1v) is 5.21. The van der Waals surface area contributed by atoms with Crippen LogP contribution in [0.4, 0.5) is 0 Å². The van der Waals surface area contributed by atoms with Crippen molar-refractivity contribution in [3.8, 4) is 0 Å². The minimum absolute atomic E-state index is 0.350. The fourth-order valence-corrected chi connectivity index (χ4v) is 1.85. The average molecular weight is 195 g/mol. The van der Waals surface area contributed by atoms with E-state index in [1.54, 1.807) is 0 Å². The summed E-state index contributed by atoms with van der Waals surface area (Å²) in [5.41, 5.74) is 6.68. The Balaban J connectivity index is 1.95. The molecule has 1 aliphatic heterocycles. The van der Waals surface area contributed by atoms with Crippen molar-refractivity contribution in [2.24, 2.45) is 5.73 Å². The van der Waals surface area contributed by atoms with Crippen molar-refractivity contribution in [3.63, 3.8) is 0 Å². The Morgan fingerprint density at radius 1 is 1.57 bits per heavy atom. The Morgan fingerprint density at radius 3 is 3.21 bits per heavy atom. The molecule has 4 heteroatoms. The lowest BCUT2D eigenvalue weighted by Crippen LogP contribution is -2.25. The van der Waals surface area contributed by atoms with Crippen LogP contribution >= 0.6 is 0 Å². The number of hydrogen-bond acceptors (Lipinski definition) is 3. The lowest BCUT2D eigenvalue weighted by Gasteiger charge is -2.23. The highest BCUT2D eigenvalue weighted by Gasteiger charge is 2.15. The molecule has 1 fully saturated rings. The van der Waals surface area contributed by atoms with Crippen LogP contribution in [-0.2, 0) is 17.8 Å². The van der Waals surface area contributed by atoms with Crippen LogP contribution in [0.15, 0.2) is 12.5 Å². The number of aromatic nitrogens is 2. The van der Waals surface area contributed by atoms with Crippen LogP contribution in [0, 0.1) is 0 Å². The van der Waals surface area contributed by atoms with Crippen LogP contribution in [0.5, 0.6) is 0 Å². The maximum absolute atomic E-state index is 5.66. The number of hydrogen-bond donors (Lipinski definition) is 1. The summed E-state index contributed by atoms with van der Waals surface area (Å²) < 4.78 is 7.75. The van der Waals surface area contributed by atoms with Gasteiger partial charge < -0.3 is 15.0 Å². The molecule has 1 unspecified atom stereocenters. The van der Waals surface area contributed by atoms with E-state index in [-0.39, 0.29) is 0 Å². The van der Waals surface area contributed by atoms with E-state index < -0.39 is 0 Å². The van der Waals surface area contributed by atoms with Crippen molar-refractivity contribution in [1.29, 1.82) is 0 Å². The van der Waals surface area contributed by atoms with Gasteiger partial charge in [0, 0.05) is 19.3 Å². The maximum Gasteiger partial charge on any atom is 0.0949 e. The standard InChI is InChI=1S/C10H17N3O/c11-5-9-6-12-8-13(9)7-10-3-1-2-4-14-10/h6,8,10H,1-5,7,11H2. The van der Waals surface area contributed by atoms with Gasteiger partial charge in [0.15, 0.2) is 0 Å².